The van der Waals surface area contributed by atoms with E-state index in [0.29, 0.717) is 12.2 Å². The summed E-state index contributed by atoms with van der Waals surface area (Å²) in [6, 6.07) is 3.67. The minimum atomic E-state index is -0.133. The van der Waals surface area contributed by atoms with E-state index in [2.05, 4.69) is 10.4 Å². The van der Waals surface area contributed by atoms with Crippen molar-refractivity contribution in [3.8, 4) is 0 Å². The number of amides is 1. The number of hydrogen-bond acceptors (Lipinski definition) is 5. The van der Waals surface area contributed by atoms with Gasteiger partial charge in [-0.3, -0.25) is 10.2 Å². The molecule has 0 aliphatic carbocycles. The van der Waals surface area contributed by atoms with Gasteiger partial charge in [0.05, 0.1) is 0 Å². The Balaban J connectivity index is 2.20. The standard InChI is InChI=1S/C9H14N4OS/c10-8-4-3-7(6-12-8)15-5-1-2-9(14)13-11/h3-4,6H,1-2,5,11H2,(H2,10,12)(H,13,14). The number of nitrogens with one attached hydrogen (secondary N) is 1. The second-order valence-corrected chi connectivity index (χ2v) is 4.11. The molecule has 1 heterocycles. The van der Waals surface area contributed by atoms with Crippen molar-refractivity contribution in [1.82, 2.24) is 10.4 Å². The lowest BCUT2D eigenvalue weighted by atomic mass is 10.3. The van der Waals surface area contributed by atoms with Crippen molar-refractivity contribution in [3.63, 3.8) is 0 Å². The van der Waals surface area contributed by atoms with Crippen LogP contribution in [0.1, 0.15) is 12.8 Å². The topological polar surface area (TPSA) is 94.0 Å². The first-order valence-corrected chi connectivity index (χ1v) is 5.54. The molecule has 1 rings (SSSR count). The van der Waals surface area contributed by atoms with Gasteiger partial charge >= 0.3 is 0 Å². The van der Waals surface area contributed by atoms with Crippen LogP contribution < -0.4 is 17.0 Å². The van der Waals surface area contributed by atoms with E-state index in [9.17, 15) is 4.79 Å². The number of anilines is 1. The summed E-state index contributed by atoms with van der Waals surface area (Å²) < 4.78 is 0. The smallest absolute Gasteiger partial charge is 0.233 e. The van der Waals surface area contributed by atoms with Gasteiger partial charge in [-0.25, -0.2) is 10.8 Å². The highest BCUT2D eigenvalue weighted by molar-refractivity contribution is 7.99. The predicted molar refractivity (Wildman–Crippen MR) is 60.9 cm³/mol. The molecule has 0 spiro atoms. The van der Waals surface area contributed by atoms with Gasteiger partial charge in [0.1, 0.15) is 5.82 Å². The number of nitrogens with two attached hydrogens (primary N) is 2. The van der Waals surface area contributed by atoms with E-state index >= 15 is 0 Å². The minimum Gasteiger partial charge on any atom is -0.384 e. The molecule has 0 fully saturated rings. The molecule has 0 bridgehead atoms. The number of aromatic nitrogens is 1. The molecular weight excluding hydrogens is 212 g/mol. The van der Waals surface area contributed by atoms with Crippen molar-refractivity contribution < 1.29 is 4.79 Å². The van der Waals surface area contributed by atoms with E-state index < -0.39 is 0 Å². The molecule has 1 aromatic heterocycles. The van der Waals surface area contributed by atoms with Gasteiger partial charge in [-0.15, -0.1) is 11.8 Å². The number of carbonyl (C=O) groups excluding carboxylic acids is 1. The SMILES string of the molecule is NNC(=O)CCCSc1ccc(N)nc1. The Morgan fingerprint density at radius 1 is 1.53 bits per heavy atom. The van der Waals surface area contributed by atoms with Gasteiger partial charge in [0.2, 0.25) is 5.91 Å². The highest BCUT2D eigenvalue weighted by Gasteiger charge is 1.99. The van der Waals surface area contributed by atoms with Gasteiger partial charge in [0.15, 0.2) is 0 Å². The summed E-state index contributed by atoms with van der Waals surface area (Å²) in [4.78, 5) is 15.8. The number of hydrogen-bond donors (Lipinski definition) is 3. The number of carbonyl (C=O) groups is 1. The number of nitrogens with zero attached hydrogens (tertiary/aromatic N) is 1. The van der Waals surface area contributed by atoms with E-state index in [1.165, 1.54) is 0 Å². The van der Waals surface area contributed by atoms with E-state index in [1.807, 2.05) is 6.07 Å². The van der Waals surface area contributed by atoms with E-state index in [1.54, 1.807) is 24.0 Å². The van der Waals surface area contributed by atoms with Gasteiger partial charge in [-0.1, -0.05) is 0 Å². The summed E-state index contributed by atoms with van der Waals surface area (Å²) in [6.07, 6.45) is 2.97. The summed E-state index contributed by atoms with van der Waals surface area (Å²) >= 11 is 1.64. The Morgan fingerprint density at radius 2 is 2.33 bits per heavy atom. The molecule has 0 radical (unpaired) electrons. The second-order valence-electron chi connectivity index (χ2n) is 2.94. The fourth-order valence-corrected chi connectivity index (χ4v) is 1.79. The normalized spacial score (nSPS) is 9.93. The summed E-state index contributed by atoms with van der Waals surface area (Å²) in [6.45, 7) is 0. The zero-order chi connectivity index (χ0) is 11.1. The quantitative estimate of drug-likeness (QED) is 0.224. The fourth-order valence-electron chi connectivity index (χ4n) is 0.972. The van der Waals surface area contributed by atoms with Crippen LogP contribution in [-0.2, 0) is 4.79 Å². The van der Waals surface area contributed by atoms with Crippen molar-refractivity contribution in [3.05, 3.63) is 18.3 Å². The van der Waals surface area contributed by atoms with Crippen LogP contribution >= 0.6 is 11.8 Å². The van der Waals surface area contributed by atoms with Gasteiger partial charge in [-0.2, -0.15) is 0 Å². The number of nitrogen functional groups attached to an aromatic ring is 1. The number of pyridine rings is 1. The summed E-state index contributed by atoms with van der Waals surface area (Å²) in [7, 11) is 0. The average molecular weight is 226 g/mol. The molecule has 0 aliphatic heterocycles. The minimum absolute atomic E-state index is 0.133. The largest absolute Gasteiger partial charge is 0.384 e. The van der Waals surface area contributed by atoms with E-state index in [4.69, 9.17) is 11.6 Å². The predicted octanol–water partition coefficient (Wildman–Crippen LogP) is 0.526. The van der Waals surface area contributed by atoms with E-state index in [-0.39, 0.29) is 5.91 Å². The van der Waals surface area contributed by atoms with Crippen LogP contribution in [0.25, 0.3) is 0 Å². The molecule has 5 nitrogen and oxygen atoms in total. The first-order valence-electron chi connectivity index (χ1n) is 4.56. The molecule has 0 atom stereocenters. The van der Waals surface area contributed by atoms with Gasteiger partial charge in [0, 0.05) is 17.5 Å². The molecule has 5 N–H and O–H groups in total. The van der Waals surface area contributed by atoms with Crippen molar-refractivity contribution in [2.75, 3.05) is 11.5 Å². The maximum Gasteiger partial charge on any atom is 0.233 e. The molecule has 0 aromatic carbocycles. The van der Waals surface area contributed by atoms with Crippen LogP contribution in [0.3, 0.4) is 0 Å². The monoisotopic (exact) mass is 226 g/mol. The van der Waals surface area contributed by atoms with Gasteiger partial charge in [-0.05, 0) is 24.3 Å². The highest BCUT2D eigenvalue weighted by atomic mass is 32.2. The van der Waals surface area contributed by atoms with Crippen LogP contribution in [-0.4, -0.2) is 16.6 Å². The first kappa shape index (κ1) is 11.8. The van der Waals surface area contributed by atoms with Crippen LogP contribution in [0, 0.1) is 0 Å². The maximum absolute atomic E-state index is 10.8. The average Bonchev–Trinajstić information content (AvgIpc) is 2.26. The zero-order valence-corrected chi connectivity index (χ0v) is 9.09. The summed E-state index contributed by atoms with van der Waals surface area (Å²) in [5.74, 6) is 6.19. The lowest BCUT2D eigenvalue weighted by Crippen LogP contribution is -2.29. The first-order chi connectivity index (χ1) is 7.22. The molecule has 0 aliphatic rings. The van der Waals surface area contributed by atoms with Crippen LogP contribution in [0.15, 0.2) is 23.2 Å². The molecule has 1 aromatic rings. The third kappa shape index (κ3) is 4.66. The van der Waals surface area contributed by atoms with Crippen molar-refractivity contribution >= 4 is 23.5 Å². The summed E-state index contributed by atoms with van der Waals surface area (Å²) in [5, 5.41) is 0. The Kier molecular flexibility index (Phi) is 4.92. The molecule has 1 amide bonds. The van der Waals surface area contributed by atoms with Gasteiger partial charge < -0.3 is 5.73 Å². The number of thioether (sulfide) groups is 1. The van der Waals surface area contributed by atoms with Crippen LogP contribution in [0.5, 0.6) is 0 Å². The lowest BCUT2D eigenvalue weighted by Gasteiger charge is -2.01. The lowest BCUT2D eigenvalue weighted by molar-refractivity contribution is -0.121. The van der Waals surface area contributed by atoms with Crippen LogP contribution in [0.4, 0.5) is 5.82 Å². The molecule has 82 valence electrons. The highest BCUT2D eigenvalue weighted by Crippen LogP contribution is 2.18. The number of rotatable bonds is 5. The Bertz CT molecular complexity index is 314. The molecule has 0 saturated heterocycles. The van der Waals surface area contributed by atoms with Crippen molar-refractivity contribution in [1.29, 1.82) is 0 Å². The van der Waals surface area contributed by atoms with Crippen molar-refractivity contribution in [2.24, 2.45) is 5.84 Å². The fraction of sp³-hybridized carbons (Fsp3) is 0.333. The zero-order valence-electron chi connectivity index (χ0n) is 8.27. The van der Waals surface area contributed by atoms with Crippen molar-refractivity contribution in [2.45, 2.75) is 17.7 Å². The Labute approximate surface area is 92.6 Å². The van der Waals surface area contributed by atoms with Crippen LogP contribution in [0.2, 0.25) is 0 Å². The Hall–Kier alpha value is -1.27. The molecule has 0 unspecified atom stereocenters. The molecular formula is C9H14N4OS. The second kappa shape index (κ2) is 6.26. The molecule has 6 heteroatoms. The third-order valence-electron chi connectivity index (χ3n) is 1.74. The number of hydrazine groups is 1. The van der Waals surface area contributed by atoms with Gasteiger partial charge in [0.25, 0.3) is 0 Å². The molecule has 0 saturated carbocycles. The maximum atomic E-state index is 10.8. The molecule has 15 heavy (non-hydrogen) atoms. The van der Waals surface area contributed by atoms with E-state index in [0.717, 1.165) is 17.1 Å². The summed E-state index contributed by atoms with van der Waals surface area (Å²) in [5.41, 5.74) is 7.55. The Morgan fingerprint density at radius 3 is 2.93 bits per heavy atom. The third-order valence-corrected chi connectivity index (χ3v) is 2.80.